The maximum absolute atomic E-state index is 12.9. The number of para-hydroxylation sites is 2. The number of hydrazone groups is 1. The van der Waals surface area contributed by atoms with Crippen LogP contribution in [0.25, 0.3) is 11.3 Å². The number of ether oxygens (including phenoxy) is 1. The average molecular weight is 373 g/mol. The van der Waals surface area contributed by atoms with E-state index in [-0.39, 0.29) is 5.91 Å². The van der Waals surface area contributed by atoms with E-state index in [0.717, 1.165) is 34.8 Å². The minimum Gasteiger partial charge on any atom is -0.488 e. The number of aromatic nitrogens is 2. The van der Waals surface area contributed by atoms with Crippen LogP contribution in [0, 0.1) is 0 Å². The summed E-state index contributed by atoms with van der Waals surface area (Å²) in [6.45, 7) is 1.06. The predicted molar refractivity (Wildman–Crippen MR) is 106 cm³/mol. The zero-order valence-corrected chi connectivity index (χ0v) is 15.4. The number of carbonyl (C=O) groups is 1. The van der Waals surface area contributed by atoms with E-state index < -0.39 is 0 Å². The molecule has 7 nitrogen and oxygen atoms in total. The molecule has 28 heavy (non-hydrogen) atoms. The molecule has 2 aromatic carbocycles. The van der Waals surface area contributed by atoms with Crippen LogP contribution < -0.4 is 15.1 Å². The lowest BCUT2D eigenvalue weighted by Crippen LogP contribution is -2.30. The van der Waals surface area contributed by atoms with Gasteiger partial charge in [0, 0.05) is 31.1 Å². The minimum atomic E-state index is -0.256. The highest BCUT2D eigenvalue weighted by Crippen LogP contribution is 2.38. The Morgan fingerprint density at radius 3 is 2.75 bits per heavy atom. The summed E-state index contributed by atoms with van der Waals surface area (Å²) in [6.07, 6.45) is 0.676. The standard InChI is InChI=1S/C21H19N5O2/c1-25-20-15-9-5-6-10-17(15)28-13-16(20)19(24-25)21(27)22-18-11-12-26(23-18)14-7-3-2-4-8-14/h2-10H,11-13H2,1H3,(H,22,23,27). The third kappa shape index (κ3) is 2.72. The van der Waals surface area contributed by atoms with Gasteiger partial charge in [0.2, 0.25) is 0 Å². The van der Waals surface area contributed by atoms with Gasteiger partial charge in [-0.25, -0.2) is 0 Å². The van der Waals surface area contributed by atoms with E-state index in [4.69, 9.17) is 4.74 Å². The zero-order chi connectivity index (χ0) is 19.1. The molecule has 1 aromatic heterocycles. The topological polar surface area (TPSA) is 71.8 Å². The van der Waals surface area contributed by atoms with Crippen molar-refractivity contribution in [3.8, 4) is 17.0 Å². The smallest absolute Gasteiger partial charge is 0.277 e. The molecule has 2 aliphatic heterocycles. The van der Waals surface area contributed by atoms with Crippen molar-refractivity contribution in [1.82, 2.24) is 15.1 Å². The zero-order valence-electron chi connectivity index (χ0n) is 15.4. The number of amides is 1. The SMILES string of the molecule is Cn1nc(C(=O)NC2=NN(c3ccccc3)CC2)c2c1-c1ccccc1OC2. The van der Waals surface area contributed by atoms with Crippen molar-refractivity contribution >= 4 is 17.4 Å². The lowest BCUT2D eigenvalue weighted by Gasteiger charge is -2.18. The van der Waals surface area contributed by atoms with Crippen LogP contribution in [0.1, 0.15) is 22.5 Å². The number of hydrogen-bond acceptors (Lipinski definition) is 5. The number of nitrogens with one attached hydrogen (secondary N) is 1. The van der Waals surface area contributed by atoms with E-state index in [9.17, 15) is 4.79 Å². The summed E-state index contributed by atoms with van der Waals surface area (Å²) >= 11 is 0. The van der Waals surface area contributed by atoms with Crippen molar-refractivity contribution in [3.63, 3.8) is 0 Å². The fourth-order valence-corrected chi connectivity index (χ4v) is 3.68. The molecular weight excluding hydrogens is 354 g/mol. The third-order valence-corrected chi connectivity index (χ3v) is 4.99. The van der Waals surface area contributed by atoms with Crippen molar-refractivity contribution < 1.29 is 9.53 Å². The molecular formula is C21H19N5O2. The maximum atomic E-state index is 12.9. The number of hydrogen-bond donors (Lipinski definition) is 1. The van der Waals surface area contributed by atoms with Crippen LogP contribution in [0.3, 0.4) is 0 Å². The molecule has 0 spiro atoms. The van der Waals surface area contributed by atoms with Gasteiger partial charge in [0.25, 0.3) is 5.91 Å². The normalized spacial score (nSPS) is 14.8. The van der Waals surface area contributed by atoms with Crippen LogP contribution in [-0.2, 0) is 13.7 Å². The Balaban J connectivity index is 1.41. The van der Waals surface area contributed by atoms with Crippen molar-refractivity contribution in [2.45, 2.75) is 13.0 Å². The molecule has 0 saturated carbocycles. The molecule has 5 rings (SSSR count). The molecule has 1 N–H and O–H groups in total. The second kappa shape index (κ2) is 6.53. The van der Waals surface area contributed by atoms with Gasteiger partial charge >= 0.3 is 0 Å². The fourth-order valence-electron chi connectivity index (χ4n) is 3.68. The van der Waals surface area contributed by atoms with Crippen LogP contribution in [0.5, 0.6) is 5.75 Å². The van der Waals surface area contributed by atoms with Crippen LogP contribution in [0.2, 0.25) is 0 Å². The Kier molecular flexibility index (Phi) is 3.86. The van der Waals surface area contributed by atoms with Gasteiger partial charge in [-0.3, -0.25) is 14.5 Å². The molecule has 0 atom stereocenters. The van der Waals surface area contributed by atoms with Crippen molar-refractivity contribution in [2.75, 3.05) is 11.6 Å². The number of carbonyl (C=O) groups excluding carboxylic acids is 1. The predicted octanol–water partition coefficient (Wildman–Crippen LogP) is 2.93. The van der Waals surface area contributed by atoms with E-state index in [0.29, 0.717) is 24.6 Å². The summed E-state index contributed by atoms with van der Waals surface area (Å²) in [7, 11) is 1.85. The quantitative estimate of drug-likeness (QED) is 0.750. The van der Waals surface area contributed by atoms with Gasteiger partial charge in [-0.05, 0) is 24.3 Å². The largest absolute Gasteiger partial charge is 0.488 e. The number of amidine groups is 1. The Morgan fingerprint density at radius 1 is 1.11 bits per heavy atom. The van der Waals surface area contributed by atoms with Crippen LogP contribution in [0.4, 0.5) is 5.69 Å². The molecule has 7 heteroatoms. The number of benzene rings is 2. The van der Waals surface area contributed by atoms with E-state index >= 15 is 0 Å². The molecule has 2 aliphatic rings. The summed E-state index contributed by atoms with van der Waals surface area (Å²) in [5, 5.41) is 13.8. The summed E-state index contributed by atoms with van der Waals surface area (Å²) in [5.74, 6) is 1.20. The van der Waals surface area contributed by atoms with Gasteiger partial charge in [-0.2, -0.15) is 10.2 Å². The van der Waals surface area contributed by atoms with Gasteiger partial charge in [0.05, 0.1) is 11.4 Å². The minimum absolute atomic E-state index is 0.256. The molecule has 3 heterocycles. The number of fused-ring (bicyclic) bond motifs is 3. The maximum Gasteiger partial charge on any atom is 0.277 e. The fraction of sp³-hybridized carbons (Fsp3) is 0.190. The Morgan fingerprint density at radius 2 is 1.89 bits per heavy atom. The molecule has 3 aromatic rings. The molecule has 0 aliphatic carbocycles. The Hall–Kier alpha value is -3.61. The molecule has 0 fully saturated rings. The first kappa shape index (κ1) is 16.6. The lowest BCUT2D eigenvalue weighted by molar-refractivity contribution is 0.0968. The number of rotatable bonds is 2. The van der Waals surface area contributed by atoms with Gasteiger partial charge in [-0.15, -0.1) is 0 Å². The van der Waals surface area contributed by atoms with Gasteiger partial charge in [0.15, 0.2) is 5.69 Å². The Labute approximate surface area is 162 Å². The van der Waals surface area contributed by atoms with Crippen molar-refractivity contribution in [1.29, 1.82) is 0 Å². The first-order valence-electron chi connectivity index (χ1n) is 9.20. The molecule has 0 unspecified atom stereocenters. The van der Waals surface area contributed by atoms with E-state index in [1.165, 1.54) is 0 Å². The molecule has 0 radical (unpaired) electrons. The van der Waals surface area contributed by atoms with Crippen molar-refractivity contribution in [2.24, 2.45) is 12.1 Å². The lowest BCUT2D eigenvalue weighted by atomic mass is 10.0. The van der Waals surface area contributed by atoms with Crippen LogP contribution in [-0.4, -0.2) is 28.1 Å². The second-order valence-corrected chi connectivity index (χ2v) is 6.79. The highest BCUT2D eigenvalue weighted by atomic mass is 16.5. The van der Waals surface area contributed by atoms with Gasteiger partial charge in [-0.1, -0.05) is 30.3 Å². The number of nitrogens with zero attached hydrogens (tertiary/aromatic N) is 4. The first-order chi connectivity index (χ1) is 13.7. The van der Waals surface area contributed by atoms with Crippen molar-refractivity contribution in [3.05, 3.63) is 65.9 Å². The highest BCUT2D eigenvalue weighted by Gasteiger charge is 2.29. The second-order valence-electron chi connectivity index (χ2n) is 6.79. The monoisotopic (exact) mass is 373 g/mol. The molecule has 1 amide bonds. The summed E-state index contributed by atoms with van der Waals surface area (Å²) in [4.78, 5) is 12.9. The van der Waals surface area contributed by atoms with E-state index in [1.807, 2.05) is 66.7 Å². The third-order valence-electron chi connectivity index (χ3n) is 4.99. The molecule has 140 valence electrons. The molecule has 0 saturated heterocycles. The molecule has 0 bridgehead atoms. The van der Waals surface area contributed by atoms with Crippen LogP contribution >= 0.6 is 0 Å². The summed E-state index contributed by atoms with van der Waals surface area (Å²) < 4.78 is 7.58. The number of anilines is 1. The Bertz CT molecular complexity index is 1090. The van der Waals surface area contributed by atoms with E-state index in [1.54, 1.807) is 4.68 Å². The average Bonchev–Trinajstić information content (AvgIpc) is 3.33. The summed E-state index contributed by atoms with van der Waals surface area (Å²) in [5.41, 5.74) is 4.06. The van der Waals surface area contributed by atoms with Gasteiger partial charge in [0.1, 0.15) is 18.2 Å². The first-order valence-corrected chi connectivity index (χ1v) is 9.20. The van der Waals surface area contributed by atoms with Gasteiger partial charge < -0.3 is 10.1 Å². The summed E-state index contributed by atoms with van der Waals surface area (Å²) in [6, 6.07) is 17.7. The number of aryl methyl sites for hydroxylation is 1. The van der Waals surface area contributed by atoms with E-state index in [2.05, 4.69) is 15.5 Å². The van der Waals surface area contributed by atoms with Crippen LogP contribution in [0.15, 0.2) is 59.7 Å². The highest BCUT2D eigenvalue weighted by molar-refractivity contribution is 6.07.